The van der Waals surface area contributed by atoms with Gasteiger partial charge in [0, 0.05) is 41.7 Å². The molecular formula is C29H35N7O. The predicted molar refractivity (Wildman–Crippen MR) is 149 cm³/mol. The van der Waals surface area contributed by atoms with Crippen molar-refractivity contribution in [2.45, 2.75) is 58.0 Å². The summed E-state index contributed by atoms with van der Waals surface area (Å²) >= 11 is 0. The molecule has 1 aliphatic carbocycles. The summed E-state index contributed by atoms with van der Waals surface area (Å²) in [5.74, 6) is 2.01. The number of benzene rings is 1. The zero-order valence-corrected chi connectivity index (χ0v) is 22.3. The molecule has 192 valence electrons. The van der Waals surface area contributed by atoms with Crippen molar-refractivity contribution in [2.24, 2.45) is 0 Å². The van der Waals surface area contributed by atoms with Crippen LogP contribution >= 0.6 is 0 Å². The number of anilines is 2. The molecule has 4 aromatic rings. The zero-order chi connectivity index (χ0) is 26.3. The SMILES string of the molecule is C=CCn1c(=O)c2cnc(Nc3ccc4c(c3)CC(N(C)C)CC4)cc2n1-c1ccnc(C(C)(C)C)n1. The predicted octanol–water partition coefficient (Wildman–Crippen LogP) is 4.62. The molecule has 0 bridgehead atoms. The molecule has 0 fully saturated rings. The molecule has 1 aliphatic rings. The van der Waals surface area contributed by atoms with E-state index in [1.165, 1.54) is 17.5 Å². The second kappa shape index (κ2) is 9.59. The van der Waals surface area contributed by atoms with E-state index >= 15 is 0 Å². The maximum absolute atomic E-state index is 13.3. The summed E-state index contributed by atoms with van der Waals surface area (Å²) in [5, 5.41) is 3.99. The van der Waals surface area contributed by atoms with E-state index in [1.54, 1.807) is 23.2 Å². The number of nitrogens with one attached hydrogen (secondary N) is 1. The number of hydrogen-bond acceptors (Lipinski definition) is 6. The fraction of sp³-hybridized carbons (Fsp3) is 0.379. The lowest BCUT2D eigenvalue weighted by Gasteiger charge is -2.30. The molecule has 0 radical (unpaired) electrons. The minimum atomic E-state index is -0.227. The van der Waals surface area contributed by atoms with Crippen LogP contribution in [0.4, 0.5) is 11.5 Å². The fourth-order valence-electron chi connectivity index (χ4n) is 4.98. The van der Waals surface area contributed by atoms with Gasteiger partial charge in [0.2, 0.25) is 0 Å². The second-order valence-electron chi connectivity index (χ2n) is 11.0. The van der Waals surface area contributed by atoms with Crippen molar-refractivity contribution in [3.8, 4) is 5.82 Å². The second-order valence-corrected chi connectivity index (χ2v) is 11.0. The molecule has 1 aromatic carbocycles. The first-order valence-electron chi connectivity index (χ1n) is 12.8. The highest BCUT2D eigenvalue weighted by atomic mass is 16.1. The standard InChI is InChI=1S/C29H35N7O/c1-7-14-35-27(37)23-18-31-25(17-24(23)36(35)26-12-13-30-28(33-26)29(2,3)4)32-21-10-8-19-9-11-22(34(5)6)16-20(19)15-21/h7-8,10,12-13,15,17-18,22H,1,9,11,14,16H2,2-6H3,(H,31,32). The third-order valence-corrected chi connectivity index (χ3v) is 7.06. The Hall–Kier alpha value is -3.78. The summed E-state index contributed by atoms with van der Waals surface area (Å²) in [6, 6.07) is 10.8. The first-order chi connectivity index (χ1) is 17.7. The van der Waals surface area contributed by atoms with Crippen LogP contribution in [-0.4, -0.2) is 49.4 Å². The van der Waals surface area contributed by atoms with Gasteiger partial charge in [0.15, 0.2) is 5.82 Å². The van der Waals surface area contributed by atoms with Crippen LogP contribution in [0.1, 0.15) is 44.1 Å². The van der Waals surface area contributed by atoms with E-state index in [0.29, 0.717) is 35.4 Å². The van der Waals surface area contributed by atoms with Gasteiger partial charge < -0.3 is 10.2 Å². The van der Waals surface area contributed by atoms with E-state index in [4.69, 9.17) is 4.98 Å². The molecule has 1 N–H and O–H groups in total. The van der Waals surface area contributed by atoms with Crippen LogP contribution in [0.2, 0.25) is 0 Å². The fourth-order valence-corrected chi connectivity index (χ4v) is 4.98. The van der Waals surface area contributed by atoms with Gasteiger partial charge in [-0.15, -0.1) is 6.58 Å². The molecule has 8 nitrogen and oxygen atoms in total. The number of allylic oxidation sites excluding steroid dienone is 1. The van der Waals surface area contributed by atoms with Crippen LogP contribution in [0.25, 0.3) is 16.7 Å². The zero-order valence-electron chi connectivity index (χ0n) is 22.3. The molecule has 37 heavy (non-hydrogen) atoms. The molecule has 1 unspecified atom stereocenters. The lowest BCUT2D eigenvalue weighted by Crippen LogP contribution is -2.33. The summed E-state index contributed by atoms with van der Waals surface area (Å²) in [6.07, 6.45) is 8.42. The van der Waals surface area contributed by atoms with Crippen LogP contribution in [0.5, 0.6) is 0 Å². The number of nitrogens with zero attached hydrogens (tertiary/aromatic N) is 6. The number of aryl methyl sites for hydroxylation is 1. The average Bonchev–Trinajstić information content (AvgIpc) is 3.14. The van der Waals surface area contributed by atoms with E-state index in [-0.39, 0.29) is 11.0 Å². The molecule has 1 atom stereocenters. The van der Waals surface area contributed by atoms with E-state index in [1.807, 2.05) is 16.8 Å². The van der Waals surface area contributed by atoms with E-state index < -0.39 is 0 Å². The van der Waals surface area contributed by atoms with Crippen LogP contribution in [0, 0.1) is 0 Å². The number of rotatable bonds is 6. The average molecular weight is 498 g/mol. The number of aromatic nitrogens is 5. The van der Waals surface area contributed by atoms with E-state index in [0.717, 1.165) is 24.0 Å². The van der Waals surface area contributed by atoms with Gasteiger partial charge in [-0.3, -0.25) is 4.79 Å². The Morgan fingerprint density at radius 3 is 2.70 bits per heavy atom. The highest BCUT2D eigenvalue weighted by Crippen LogP contribution is 2.28. The molecule has 8 heteroatoms. The topological polar surface area (TPSA) is 80.9 Å². The minimum absolute atomic E-state index is 0.131. The monoisotopic (exact) mass is 497 g/mol. The first-order valence-corrected chi connectivity index (χ1v) is 12.8. The number of likely N-dealkylation sites (N-methyl/N-ethyl adjacent to an activating group) is 1. The summed E-state index contributed by atoms with van der Waals surface area (Å²) < 4.78 is 3.48. The Labute approximate surface area is 217 Å². The van der Waals surface area contributed by atoms with Crippen molar-refractivity contribution in [3.05, 3.63) is 82.7 Å². The largest absolute Gasteiger partial charge is 0.340 e. The Morgan fingerprint density at radius 2 is 1.97 bits per heavy atom. The third-order valence-electron chi connectivity index (χ3n) is 7.06. The number of pyridine rings is 1. The van der Waals surface area contributed by atoms with Crippen LogP contribution in [0.3, 0.4) is 0 Å². The summed E-state index contributed by atoms with van der Waals surface area (Å²) in [7, 11) is 4.30. The minimum Gasteiger partial charge on any atom is -0.340 e. The van der Waals surface area contributed by atoms with Crippen molar-refractivity contribution in [2.75, 3.05) is 19.4 Å². The van der Waals surface area contributed by atoms with Gasteiger partial charge in [0.05, 0.1) is 17.4 Å². The summed E-state index contributed by atoms with van der Waals surface area (Å²) in [6.45, 7) is 10.4. The molecule has 3 aromatic heterocycles. The molecule has 3 heterocycles. The van der Waals surface area contributed by atoms with Crippen LogP contribution in [0.15, 0.2) is 60.2 Å². The molecule has 0 saturated heterocycles. The Bertz CT molecular complexity index is 1520. The maximum atomic E-state index is 13.3. The summed E-state index contributed by atoms with van der Waals surface area (Å²) in [5.41, 5.74) is 4.15. The lowest BCUT2D eigenvalue weighted by molar-refractivity contribution is 0.268. The normalized spacial score (nSPS) is 15.7. The quantitative estimate of drug-likeness (QED) is 0.392. The van der Waals surface area contributed by atoms with Crippen LogP contribution < -0.4 is 10.9 Å². The first kappa shape index (κ1) is 24.9. The highest BCUT2D eigenvalue weighted by Gasteiger charge is 2.22. The van der Waals surface area contributed by atoms with Gasteiger partial charge in [-0.2, -0.15) is 0 Å². The van der Waals surface area contributed by atoms with Gasteiger partial charge in [-0.25, -0.2) is 24.3 Å². The van der Waals surface area contributed by atoms with Crippen molar-refractivity contribution in [1.82, 2.24) is 29.2 Å². The molecule has 0 saturated carbocycles. The van der Waals surface area contributed by atoms with Crippen molar-refractivity contribution in [1.29, 1.82) is 0 Å². The van der Waals surface area contributed by atoms with Gasteiger partial charge in [0.1, 0.15) is 11.6 Å². The Balaban J connectivity index is 1.57. The van der Waals surface area contributed by atoms with Gasteiger partial charge in [-0.1, -0.05) is 32.9 Å². The molecule has 0 aliphatic heterocycles. The molecule has 0 spiro atoms. The highest BCUT2D eigenvalue weighted by molar-refractivity contribution is 5.82. The molecular weight excluding hydrogens is 462 g/mol. The summed E-state index contributed by atoms with van der Waals surface area (Å²) in [4.78, 5) is 29.5. The van der Waals surface area contributed by atoms with E-state index in [9.17, 15) is 4.79 Å². The van der Waals surface area contributed by atoms with Gasteiger partial charge in [-0.05, 0) is 56.6 Å². The van der Waals surface area contributed by atoms with Gasteiger partial charge >= 0.3 is 0 Å². The molecule has 5 rings (SSSR count). The number of fused-ring (bicyclic) bond motifs is 2. The van der Waals surface area contributed by atoms with Crippen molar-refractivity contribution < 1.29 is 0 Å². The Morgan fingerprint density at radius 1 is 1.16 bits per heavy atom. The smallest absolute Gasteiger partial charge is 0.276 e. The number of hydrogen-bond donors (Lipinski definition) is 1. The van der Waals surface area contributed by atoms with Crippen LogP contribution in [-0.2, 0) is 24.8 Å². The van der Waals surface area contributed by atoms with Crippen molar-refractivity contribution in [3.63, 3.8) is 0 Å². The lowest BCUT2D eigenvalue weighted by atomic mass is 9.87. The Kier molecular flexibility index (Phi) is 6.45. The van der Waals surface area contributed by atoms with Gasteiger partial charge in [0.25, 0.3) is 5.56 Å². The maximum Gasteiger partial charge on any atom is 0.276 e. The van der Waals surface area contributed by atoms with Crippen molar-refractivity contribution >= 4 is 22.4 Å². The van der Waals surface area contributed by atoms with E-state index in [2.05, 4.69) is 79.8 Å². The third kappa shape index (κ3) is 4.81. The molecule has 0 amide bonds.